The summed E-state index contributed by atoms with van der Waals surface area (Å²) >= 11 is 5.86. The number of urea groups is 1. The van der Waals surface area contributed by atoms with Crippen LogP contribution in [0.15, 0.2) is 18.2 Å². The van der Waals surface area contributed by atoms with Crippen LogP contribution in [0.3, 0.4) is 0 Å². The van der Waals surface area contributed by atoms with Gasteiger partial charge < -0.3 is 20.1 Å². The molecule has 1 fully saturated rings. The Morgan fingerprint density at radius 3 is 2.80 bits per heavy atom. The number of rotatable bonds is 5. The molecule has 1 aliphatic heterocycles. The van der Waals surface area contributed by atoms with E-state index in [1.807, 2.05) is 6.92 Å². The van der Waals surface area contributed by atoms with Gasteiger partial charge in [-0.15, -0.1) is 0 Å². The number of nitrogens with one attached hydrogen (secondary N) is 1. The monoisotopic (exact) mass is 376 g/mol. The van der Waals surface area contributed by atoms with Crippen LogP contribution in [-0.2, 0) is 11.3 Å². The van der Waals surface area contributed by atoms with Crippen molar-refractivity contribution in [1.82, 2.24) is 10.2 Å². The van der Waals surface area contributed by atoms with Gasteiger partial charge in [-0.3, -0.25) is 4.79 Å². The van der Waals surface area contributed by atoms with E-state index < -0.39 is 24.5 Å². The molecule has 9 heteroatoms. The summed E-state index contributed by atoms with van der Waals surface area (Å²) in [5.74, 6) is -1.56. The average molecular weight is 377 g/mol. The SMILES string of the molecule is CC1CC(C(=O)O)CN(C(=O)NCc2cc(Cl)ccc2OC(F)F)C1. The first-order valence-corrected chi connectivity index (χ1v) is 8.13. The molecule has 1 aliphatic rings. The average Bonchev–Trinajstić information content (AvgIpc) is 2.53. The number of likely N-dealkylation sites (tertiary alicyclic amines) is 1. The molecule has 0 aromatic heterocycles. The Bertz CT molecular complexity index is 645. The summed E-state index contributed by atoms with van der Waals surface area (Å²) in [4.78, 5) is 24.9. The van der Waals surface area contributed by atoms with Crippen molar-refractivity contribution in [2.24, 2.45) is 11.8 Å². The van der Waals surface area contributed by atoms with Gasteiger partial charge in [-0.2, -0.15) is 8.78 Å². The first-order valence-electron chi connectivity index (χ1n) is 7.75. The van der Waals surface area contributed by atoms with Crippen LogP contribution >= 0.6 is 11.6 Å². The first-order chi connectivity index (χ1) is 11.8. The molecule has 0 bridgehead atoms. The zero-order valence-corrected chi connectivity index (χ0v) is 14.3. The fraction of sp³-hybridized carbons (Fsp3) is 0.500. The first kappa shape index (κ1) is 19.2. The molecular formula is C16H19ClF2N2O4. The van der Waals surface area contributed by atoms with Crippen LogP contribution < -0.4 is 10.1 Å². The van der Waals surface area contributed by atoms with Crippen molar-refractivity contribution in [3.63, 3.8) is 0 Å². The van der Waals surface area contributed by atoms with Gasteiger partial charge in [0.05, 0.1) is 5.92 Å². The maximum Gasteiger partial charge on any atom is 0.387 e. The molecule has 1 heterocycles. The van der Waals surface area contributed by atoms with E-state index in [-0.39, 0.29) is 24.8 Å². The Morgan fingerprint density at radius 1 is 1.44 bits per heavy atom. The zero-order valence-electron chi connectivity index (χ0n) is 13.5. The molecule has 1 aromatic rings. The lowest BCUT2D eigenvalue weighted by Gasteiger charge is -2.34. The zero-order chi connectivity index (χ0) is 18.6. The molecule has 138 valence electrons. The number of carboxylic acid groups (broad SMARTS) is 1. The summed E-state index contributed by atoms with van der Waals surface area (Å²) in [6.07, 6.45) is 0.514. The standard InChI is InChI=1S/C16H19ClF2N2O4/c1-9-4-11(14(22)23)8-21(7-9)16(24)20-6-10-5-12(17)2-3-13(10)25-15(18)19/h2-3,5,9,11,15H,4,6-8H2,1H3,(H,20,24)(H,22,23). The topological polar surface area (TPSA) is 78.9 Å². The van der Waals surface area contributed by atoms with Gasteiger partial charge in [0.15, 0.2) is 0 Å². The van der Waals surface area contributed by atoms with Gasteiger partial charge in [0.25, 0.3) is 0 Å². The fourth-order valence-electron chi connectivity index (χ4n) is 2.88. The quantitative estimate of drug-likeness (QED) is 0.827. The van der Waals surface area contributed by atoms with E-state index in [1.54, 1.807) is 0 Å². The van der Waals surface area contributed by atoms with Crippen molar-refractivity contribution in [3.8, 4) is 5.75 Å². The molecule has 0 saturated carbocycles. The number of carbonyl (C=O) groups is 2. The molecule has 2 atom stereocenters. The summed E-state index contributed by atoms with van der Waals surface area (Å²) in [6.45, 7) is -0.632. The molecule has 2 unspecified atom stereocenters. The number of carbonyl (C=O) groups excluding carboxylic acids is 1. The summed E-state index contributed by atoms with van der Waals surface area (Å²) in [6, 6.07) is 3.69. The Morgan fingerprint density at radius 2 is 2.16 bits per heavy atom. The van der Waals surface area contributed by atoms with Gasteiger partial charge in [0.1, 0.15) is 5.75 Å². The lowest BCUT2D eigenvalue weighted by Crippen LogP contribution is -2.49. The molecule has 2 rings (SSSR count). The smallest absolute Gasteiger partial charge is 0.387 e. The van der Waals surface area contributed by atoms with E-state index >= 15 is 0 Å². The van der Waals surface area contributed by atoms with Crippen LogP contribution in [0.5, 0.6) is 5.75 Å². The maximum absolute atomic E-state index is 12.4. The highest BCUT2D eigenvalue weighted by Gasteiger charge is 2.31. The number of nitrogens with zero attached hydrogens (tertiary/aromatic N) is 1. The van der Waals surface area contributed by atoms with Gasteiger partial charge in [-0.1, -0.05) is 18.5 Å². The Hall–Kier alpha value is -2.09. The predicted molar refractivity (Wildman–Crippen MR) is 86.8 cm³/mol. The summed E-state index contributed by atoms with van der Waals surface area (Å²) in [5.41, 5.74) is 0.306. The summed E-state index contributed by atoms with van der Waals surface area (Å²) in [7, 11) is 0. The number of hydrogen-bond donors (Lipinski definition) is 2. The predicted octanol–water partition coefficient (Wildman–Crippen LogP) is 3.19. The van der Waals surface area contributed by atoms with Gasteiger partial charge >= 0.3 is 18.6 Å². The summed E-state index contributed by atoms with van der Waals surface area (Å²) in [5, 5.41) is 12.1. The molecule has 1 saturated heterocycles. The lowest BCUT2D eigenvalue weighted by atomic mass is 9.91. The second kappa shape index (κ2) is 8.33. The van der Waals surface area contributed by atoms with E-state index in [1.165, 1.54) is 23.1 Å². The lowest BCUT2D eigenvalue weighted by molar-refractivity contribution is -0.143. The van der Waals surface area contributed by atoms with Crippen molar-refractivity contribution in [2.75, 3.05) is 13.1 Å². The Labute approximate surface area is 148 Å². The molecule has 0 radical (unpaired) electrons. The van der Waals surface area contributed by atoms with Gasteiger partial charge in [-0.25, -0.2) is 4.79 Å². The minimum absolute atomic E-state index is 0.0597. The van der Waals surface area contributed by atoms with Crippen LogP contribution in [0.25, 0.3) is 0 Å². The molecule has 0 spiro atoms. The number of benzene rings is 1. The minimum atomic E-state index is -2.99. The van der Waals surface area contributed by atoms with E-state index in [0.717, 1.165) is 0 Å². The highest BCUT2D eigenvalue weighted by molar-refractivity contribution is 6.30. The van der Waals surface area contributed by atoms with E-state index in [2.05, 4.69) is 10.1 Å². The highest BCUT2D eigenvalue weighted by atomic mass is 35.5. The number of aliphatic carboxylic acids is 1. The third-order valence-corrected chi connectivity index (χ3v) is 4.20. The molecule has 0 aliphatic carbocycles. The largest absolute Gasteiger partial charge is 0.481 e. The molecule has 25 heavy (non-hydrogen) atoms. The van der Waals surface area contributed by atoms with E-state index in [0.29, 0.717) is 23.6 Å². The molecular weight excluding hydrogens is 358 g/mol. The van der Waals surface area contributed by atoms with E-state index in [9.17, 15) is 18.4 Å². The number of alkyl halides is 2. The number of halogens is 3. The highest BCUT2D eigenvalue weighted by Crippen LogP contribution is 2.25. The van der Waals surface area contributed by atoms with Crippen LogP contribution in [0, 0.1) is 11.8 Å². The van der Waals surface area contributed by atoms with Crippen molar-refractivity contribution in [3.05, 3.63) is 28.8 Å². The molecule has 6 nitrogen and oxygen atoms in total. The Kier molecular flexibility index (Phi) is 6.41. The van der Waals surface area contributed by atoms with Crippen LogP contribution in [0.1, 0.15) is 18.9 Å². The van der Waals surface area contributed by atoms with Crippen LogP contribution in [-0.4, -0.2) is 41.7 Å². The second-order valence-electron chi connectivity index (χ2n) is 6.07. The van der Waals surface area contributed by atoms with Crippen molar-refractivity contribution < 1.29 is 28.2 Å². The third kappa shape index (κ3) is 5.45. The normalized spacial score (nSPS) is 20.4. The van der Waals surface area contributed by atoms with Crippen molar-refractivity contribution >= 4 is 23.6 Å². The van der Waals surface area contributed by atoms with Crippen LogP contribution in [0.4, 0.5) is 13.6 Å². The number of carboxylic acids is 1. The summed E-state index contributed by atoms with van der Waals surface area (Å²) < 4.78 is 29.3. The second-order valence-corrected chi connectivity index (χ2v) is 6.51. The number of piperidine rings is 1. The number of amides is 2. The van der Waals surface area contributed by atoms with E-state index in [4.69, 9.17) is 16.7 Å². The van der Waals surface area contributed by atoms with Crippen molar-refractivity contribution in [1.29, 1.82) is 0 Å². The van der Waals surface area contributed by atoms with Gasteiger partial charge in [-0.05, 0) is 30.5 Å². The van der Waals surface area contributed by atoms with Crippen LogP contribution in [0.2, 0.25) is 5.02 Å². The fourth-order valence-corrected chi connectivity index (χ4v) is 3.07. The van der Waals surface area contributed by atoms with Gasteiger partial charge in [0, 0.05) is 30.2 Å². The molecule has 2 amide bonds. The third-order valence-electron chi connectivity index (χ3n) is 3.96. The minimum Gasteiger partial charge on any atom is -0.481 e. The van der Waals surface area contributed by atoms with Gasteiger partial charge in [0.2, 0.25) is 0 Å². The number of ether oxygens (including phenoxy) is 1. The number of hydrogen-bond acceptors (Lipinski definition) is 3. The van der Waals surface area contributed by atoms with Crippen molar-refractivity contribution in [2.45, 2.75) is 26.5 Å². The Balaban J connectivity index is 2.02. The molecule has 1 aromatic carbocycles. The maximum atomic E-state index is 12.4. The molecule has 2 N–H and O–H groups in total.